The van der Waals surface area contributed by atoms with Crippen molar-refractivity contribution < 1.29 is 4.74 Å². The van der Waals surface area contributed by atoms with Crippen LogP contribution in [-0.2, 0) is 6.42 Å². The third-order valence-corrected chi connectivity index (χ3v) is 5.08. The molecule has 2 aromatic rings. The van der Waals surface area contributed by atoms with Crippen LogP contribution in [0.4, 0.5) is 0 Å². The van der Waals surface area contributed by atoms with E-state index in [0.29, 0.717) is 11.9 Å². The third-order valence-electron chi connectivity index (χ3n) is 5.08. The van der Waals surface area contributed by atoms with E-state index in [-0.39, 0.29) is 6.10 Å². The van der Waals surface area contributed by atoms with Gasteiger partial charge in [-0.25, -0.2) is 9.97 Å². The van der Waals surface area contributed by atoms with Gasteiger partial charge in [-0.1, -0.05) is 24.3 Å². The molecule has 2 heterocycles. The van der Waals surface area contributed by atoms with Crippen molar-refractivity contribution in [2.24, 2.45) is 0 Å². The number of benzene rings is 1. The van der Waals surface area contributed by atoms with Crippen LogP contribution >= 0.6 is 0 Å². The number of piperidine rings is 1. The standard InChI is InChI=1S/C19H23N3O/c1-2-5-18-15(4-1)6-7-16(18)14-22-12-8-17(9-13-22)23-19-20-10-3-11-21-19/h1-5,10-11,16-17H,6-9,12-14H2. The lowest BCUT2D eigenvalue weighted by Gasteiger charge is -2.33. The van der Waals surface area contributed by atoms with Gasteiger partial charge in [0.15, 0.2) is 0 Å². The maximum Gasteiger partial charge on any atom is 0.316 e. The van der Waals surface area contributed by atoms with E-state index in [4.69, 9.17) is 4.74 Å². The molecule has 4 heteroatoms. The lowest BCUT2D eigenvalue weighted by atomic mass is 9.99. The fraction of sp³-hybridized carbons (Fsp3) is 0.474. The van der Waals surface area contributed by atoms with Crippen molar-refractivity contribution >= 4 is 0 Å². The van der Waals surface area contributed by atoms with Gasteiger partial charge in [0.25, 0.3) is 0 Å². The molecule has 1 aromatic heterocycles. The van der Waals surface area contributed by atoms with Crippen molar-refractivity contribution in [3.05, 3.63) is 53.9 Å². The first-order valence-electron chi connectivity index (χ1n) is 8.62. The zero-order chi connectivity index (χ0) is 15.5. The second-order valence-corrected chi connectivity index (χ2v) is 6.58. The number of likely N-dealkylation sites (tertiary alicyclic amines) is 1. The molecule has 4 nitrogen and oxygen atoms in total. The maximum absolute atomic E-state index is 5.88. The molecule has 120 valence electrons. The van der Waals surface area contributed by atoms with Gasteiger partial charge in [0.05, 0.1) is 0 Å². The Bertz CT molecular complexity index is 638. The Hall–Kier alpha value is -1.94. The smallest absolute Gasteiger partial charge is 0.316 e. The molecule has 1 aromatic carbocycles. The lowest BCUT2D eigenvalue weighted by Crippen LogP contribution is -2.40. The van der Waals surface area contributed by atoms with Crippen LogP contribution in [0.1, 0.15) is 36.3 Å². The van der Waals surface area contributed by atoms with Gasteiger partial charge < -0.3 is 9.64 Å². The summed E-state index contributed by atoms with van der Waals surface area (Å²) in [6.07, 6.45) is 8.38. The molecule has 0 radical (unpaired) electrons. The Labute approximate surface area is 137 Å². The zero-order valence-electron chi connectivity index (χ0n) is 13.4. The van der Waals surface area contributed by atoms with E-state index in [1.165, 1.54) is 19.4 Å². The average molecular weight is 309 g/mol. The first-order valence-corrected chi connectivity index (χ1v) is 8.62. The van der Waals surface area contributed by atoms with Crippen LogP contribution in [0.25, 0.3) is 0 Å². The van der Waals surface area contributed by atoms with Crippen molar-refractivity contribution in [2.45, 2.75) is 37.7 Å². The quantitative estimate of drug-likeness (QED) is 0.870. The maximum atomic E-state index is 5.88. The van der Waals surface area contributed by atoms with E-state index in [2.05, 4.69) is 39.1 Å². The van der Waals surface area contributed by atoms with Gasteiger partial charge in [-0.2, -0.15) is 0 Å². The highest BCUT2D eigenvalue weighted by Crippen LogP contribution is 2.34. The van der Waals surface area contributed by atoms with E-state index in [1.54, 1.807) is 23.5 Å². The predicted octanol–water partition coefficient (Wildman–Crippen LogP) is 3.05. The zero-order valence-corrected chi connectivity index (χ0v) is 13.4. The van der Waals surface area contributed by atoms with E-state index in [0.717, 1.165) is 25.9 Å². The molecular formula is C19H23N3O. The fourth-order valence-corrected chi connectivity index (χ4v) is 3.85. The molecule has 4 rings (SSSR count). The second kappa shape index (κ2) is 6.67. The van der Waals surface area contributed by atoms with Crippen LogP contribution in [0.3, 0.4) is 0 Å². The Morgan fingerprint density at radius 3 is 2.61 bits per heavy atom. The Morgan fingerprint density at radius 1 is 1.00 bits per heavy atom. The summed E-state index contributed by atoms with van der Waals surface area (Å²) in [4.78, 5) is 10.9. The summed E-state index contributed by atoms with van der Waals surface area (Å²) in [6, 6.07) is 11.3. The molecule has 0 amide bonds. The summed E-state index contributed by atoms with van der Waals surface area (Å²) >= 11 is 0. The first kappa shape index (κ1) is 14.6. The Morgan fingerprint density at radius 2 is 1.78 bits per heavy atom. The molecule has 0 bridgehead atoms. The molecular weight excluding hydrogens is 286 g/mol. The number of aryl methyl sites for hydroxylation is 1. The third kappa shape index (κ3) is 3.37. The van der Waals surface area contributed by atoms with Crippen molar-refractivity contribution in [3.8, 4) is 6.01 Å². The Balaban J connectivity index is 1.29. The number of fused-ring (bicyclic) bond motifs is 1. The lowest BCUT2D eigenvalue weighted by molar-refractivity contribution is 0.0895. The average Bonchev–Trinajstić information content (AvgIpc) is 3.01. The topological polar surface area (TPSA) is 38.2 Å². The highest BCUT2D eigenvalue weighted by Gasteiger charge is 2.27. The minimum atomic E-state index is 0.254. The highest BCUT2D eigenvalue weighted by molar-refractivity contribution is 5.35. The van der Waals surface area contributed by atoms with Crippen LogP contribution < -0.4 is 4.74 Å². The summed E-state index contributed by atoms with van der Waals surface area (Å²) < 4.78 is 5.88. The monoisotopic (exact) mass is 309 g/mol. The van der Waals surface area contributed by atoms with Gasteiger partial charge in [0, 0.05) is 32.0 Å². The second-order valence-electron chi connectivity index (χ2n) is 6.58. The molecule has 1 atom stereocenters. The molecule has 1 aliphatic carbocycles. The minimum absolute atomic E-state index is 0.254. The van der Waals surface area contributed by atoms with Gasteiger partial charge in [0.1, 0.15) is 6.10 Å². The number of ether oxygens (including phenoxy) is 1. The van der Waals surface area contributed by atoms with Crippen molar-refractivity contribution in [2.75, 3.05) is 19.6 Å². The summed E-state index contributed by atoms with van der Waals surface area (Å²) in [5, 5.41) is 0. The number of hydrogen-bond acceptors (Lipinski definition) is 4. The molecule has 0 saturated carbocycles. The van der Waals surface area contributed by atoms with Crippen LogP contribution in [-0.4, -0.2) is 40.6 Å². The van der Waals surface area contributed by atoms with E-state index in [1.807, 2.05) is 6.07 Å². The summed E-state index contributed by atoms with van der Waals surface area (Å²) in [5.41, 5.74) is 3.13. The molecule has 2 aliphatic rings. The molecule has 1 saturated heterocycles. The van der Waals surface area contributed by atoms with Gasteiger partial charge in [-0.3, -0.25) is 0 Å². The highest BCUT2D eigenvalue weighted by atomic mass is 16.5. The Kier molecular flexibility index (Phi) is 4.24. The normalized spacial score (nSPS) is 22.0. The van der Waals surface area contributed by atoms with Crippen molar-refractivity contribution in [1.29, 1.82) is 0 Å². The predicted molar refractivity (Wildman–Crippen MR) is 89.6 cm³/mol. The number of aromatic nitrogens is 2. The largest absolute Gasteiger partial charge is 0.460 e. The number of rotatable bonds is 4. The van der Waals surface area contributed by atoms with E-state index in [9.17, 15) is 0 Å². The fourth-order valence-electron chi connectivity index (χ4n) is 3.85. The van der Waals surface area contributed by atoms with Gasteiger partial charge in [-0.05, 0) is 48.8 Å². The molecule has 1 unspecified atom stereocenters. The van der Waals surface area contributed by atoms with Gasteiger partial charge in [-0.15, -0.1) is 0 Å². The molecule has 1 fully saturated rings. The van der Waals surface area contributed by atoms with E-state index < -0.39 is 0 Å². The molecule has 23 heavy (non-hydrogen) atoms. The molecule has 0 N–H and O–H groups in total. The number of nitrogens with zero attached hydrogens (tertiary/aromatic N) is 3. The SMILES string of the molecule is c1cnc(OC2CCN(CC3CCc4ccccc43)CC2)nc1. The summed E-state index contributed by atoms with van der Waals surface area (Å²) in [6.45, 7) is 3.40. The number of hydrogen-bond donors (Lipinski definition) is 0. The van der Waals surface area contributed by atoms with Crippen LogP contribution in [0.15, 0.2) is 42.7 Å². The minimum Gasteiger partial charge on any atom is -0.460 e. The van der Waals surface area contributed by atoms with E-state index >= 15 is 0 Å². The summed E-state index contributed by atoms with van der Waals surface area (Å²) in [7, 11) is 0. The van der Waals surface area contributed by atoms with Gasteiger partial charge >= 0.3 is 6.01 Å². The van der Waals surface area contributed by atoms with Crippen LogP contribution in [0.2, 0.25) is 0 Å². The van der Waals surface area contributed by atoms with Gasteiger partial charge in [0.2, 0.25) is 0 Å². The first-order chi connectivity index (χ1) is 11.4. The van der Waals surface area contributed by atoms with Crippen LogP contribution in [0.5, 0.6) is 6.01 Å². The van der Waals surface area contributed by atoms with Crippen LogP contribution in [0, 0.1) is 0 Å². The molecule has 1 aliphatic heterocycles. The van der Waals surface area contributed by atoms with Crippen molar-refractivity contribution in [3.63, 3.8) is 0 Å². The summed E-state index contributed by atoms with van der Waals surface area (Å²) in [5.74, 6) is 0.709. The van der Waals surface area contributed by atoms with Crippen molar-refractivity contribution in [1.82, 2.24) is 14.9 Å². The molecule has 0 spiro atoms.